The lowest BCUT2D eigenvalue weighted by molar-refractivity contribution is -0.245. The van der Waals surface area contributed by atoms with Crippen LogP contribution in [0.2, 0.25) is 0 Å². The molecule has 0 radical (unpaired) electrons. The Morgan fingerprint density at radius 2 is 1.56 bits per heavy atom. The number of unbranched alkanes of at least 4 members (excludes halogenated alkanes) is 1. The Morgan fingerprint density at radius 3 is 2.26 bits per heavy atom. The van der Waals surface area contributed by atoms with E-state index in [0.29, 0.717) is 38.0 Å². The molecule has 4 rings (SSSR count). The van der Waals surface area contributed by atoms with Gasteiger partial charge in [-0.1, -0.05) is 72.8 Å². The third kappa shape index (κ3) is 9.89. The van der Waals surface area contributed by atoms with E-state index < -0.39 is 12.2 Å². The summed E-state index contributed by atoms with van der Waals surface area (Å²) in [4.78, 5) is 23.5. The van der Waals surface area contributed by atoms with Crippen LogP contribution in [-0.4, -0.2) is 51.5 Å². The quantitative estimate of drug-likeness (QED) is 0.0943. The van der Waals surface area contributed by atoms with Crippen molar-refractivity contribution in [2.75, 3.05) is 18.1 Å². The maximum absolute atomic E-state index is 12.4. The van der Waals surface area contributed by atoms with E-state index in [4.69, 9.17) is 14.7 Å². The van der Waals surface area contributed by atoms with E-state index in [1.165, 1.54) is 0 Å². The summed E-state index contributed by atoms with van der Waals surface area (Å²) in [7, 11) is 0. The number of amides is 2. The third-order valence-corrected chi connectivity index (χ3v) is 8.40. The molecule has 1 saturated heterocycles. The largest absolute Gasteiger partial charge is 0.396 e. The summed E-state index contributed by atoms with van der Waals surface area (Å²) in [5, 5.41) is 30.2. The van der Waals surface area contributed by atoms with Crippen molar-refractivity contribution < 1.29 is 34.5 Å². The second-order valence-corrected chi connectivity index (χ2v) is 11.6. The molecular weight excluding hydrogens is 568 g/mol. The van der Waals surface area contributed by atoms with Gasteiger partial charge in [-0.15, -0.1) is 0 Å². The molecule has 10 heteroatoms. The van der Waals surface area contributed by atoms with Gasteiger partial charge in [0, 0.05) is 42.9 Å². The lowest BCUT2D eigenvalue weighted by atomic mass is 9.97. The second-order valence-electron chi connectivity index (χ2n) is 10.4. The van der Waals surface area contributed by atoms with Crippen molar-refractivity contribution in [3.05, 3.63) is 95.1 Å². The normalized spacial score (nSPS) is 18.3. The number of hydrogen-bond donors (Lipinski definition) is 5. The number of carbonyl (C=O) groups is 2. The fourth-order valence-electron chi connectivity index (χ4n) is 4.99. The minimum Gasteiger partial charge on any atom is -0.396 e. The highest BCUT2D eigenvalue weighted by molar-refractivity contribution is 7.99. The van der Waals surface area contributed by atoms with E-state index in [-0.39, 0.29) is 37.7 Å². The zero-order chi connectivity index (χ0) is 30.4. The number of rotatable bonds is 15. The Kier molecular flexibility index (Phi) is 13.0. The molecule has 0 aromatic heterocycles. The lowest BCUT2D eigenvalue weighted by Crippen LogP contribution is -2.31. The summed E-state index contributed by atoms with van der Waals surface area (Å²) in [5.41, 5.74) is 7.39. The van der Waals surface area contributed by atoms with E-state index in [9.17, 15) is 19.8 Å². The molecule has 1 heterocycles. The highest BCUT2D eigenvalue weighted by Gasteiger charge is 2.32. The van der Waals surface area contributed by atoms with Crippen LogP contribution in [0.15, 0.2) is 72.8 Å². The molecule has 43 heavy (non-hydrogen) atoms. The maximum atomic E-state index is 12.4. The van der Waals surface area contributed by atoms with Gasteiger partial charge in [0.15, 0.2) is 6.29 Å². The molecule has 3 aromatic rings. The topological polar surface area (TPSA) is 137 Å². The number of thioether (sulfide) groups is 1. The van der Waals surface area contributed by atoms with Gasteiger partial charge in [0.25, 0.3) is 0 Å². The first-order valence-corrected chi connectivity index (χ1v) is 15.7. The molecule has 1 aliphatic rings. The molecule has 2 amide bonds. The number of nitrogens with one attached hydrogen (secondary N) is 2. The van der Waals surface area contributed by atoms with Crippen molar-refractivity contribution in [1.82, 2.24) is 10.8 Å². The van der Waals surface area contributed by atoms with Gasteiger partial charge in [-0.3, -0.25) is 14.8 Å². The minimum absolute atomic E-state index is 0.00674. The summed E-state index contributed by atoms with van der Waals surface area (Å²) < 4.78 is 12.8. The zero-order valence-corrected chi connectivity index (χ0v) is 24.9. The number of carbonyl (C=O) groups excluding carboxylic acids is 2. The van der Waals surface area contributed by atoms with Gasteiger partial charge in [-0.25, -0.2) is 5.48 Å². The van der Waals surface area contributed by atoms with Crippen molar-refractivity contribution in [1.29, 1.82) is 0 Å². The number of aliphatic hydroxyl groups is 2. The van der Waals surface area contributed by atoms with Crippen molar-refractivity contribution in [2.24, 2.45) is 0 Å². The van der Waals surface area contributed by atoms with Gasteiger partial charge in [-0.2, -0.15) is 11.8 Å². The van der Waals surface area contributed by atoms with Crippen LogP contribution >= 0.6 is 11.8 Å². The van der Waals surface area contributed by atoms with Gasteiger partial charge in [0.2, 0.25) is 11.8 Å². The van der Waals surface area contributed by atoms with E-state index in [1.807, 2.05) is 72.8 Å². The van der Waals surface area contributed by atoms with Crippen molar-refractivity contribution in [3.8, 4) is 11.1 Å². The summed E-state index contributed by atoms with van der Waals surface area (Å²) in [6.07, 6.45) is 1.51. The molecule has 9 nitrogen and oxygen atoms in total. The zero-order valence-electron chi connectivity index (χ0n) is 24.1. The highest BCUT2D eigenvalue weighted by atomic mass is 32.2. The minimum atomic E-state index is -0.553. The van der Waals surface area contributed by atoms with Gasteiger partial charge >= 0.3 is 0 Å². The van der Waals surface area contributed by atoms with E-state index >= 15 is 0 Å². The summed E-state index contributed by atoms with van der Waals surface area (Å²) >= 11 is 1.66. The number of hydrogen-bond acceptors (Lipinski definition) is 8. The molecule has 5 N–H and O–H groups in total. The first-order valence-electron chi connectivity index (χ1n) is 14.6. The van der Waals surface area contributed by atoms with E-state index in [2.05, 4.69) is 5.32 Å². The van der Waals surface area contributed by atoms with Crippen LogP contribution in [0.1, 0.15) is 66.8 Å². The summed E-state index contributed by atoms with van der Waals surface area (Å²) in [6.45, 7) is 0.501. The van der Waals surface area contributed by atoms with Crippen LogP contribution in [0.3, 0.4) is 0 Å². The molecule has 0 spiro atoms. The predicted molar refractivity (Wildman–Crippen MR) is 165 cm³/mol. The Bertz CT molecular complexity index is 1300. The molecule has 0 aliphatic carbocycles. The first-order chi connectivity index (χ1) is 21.0. The fourth-order valence-corrected chi connectivity index (χ4v) is 5.76. The number of benzene rings is 3. The molecule has 3 unspecified atom stereocenters. The van der Waals surface area contributed by atoms with E-state index in [1.54, 1.807) is 17.2 Å². The number of aliphatic hydroxyl groups excluding tert-OH is 2. The van der Waals surface area contributed by atoms with Crippen molar-refractivity contribution in [3.63, 3.8) is 0 Å². The summed E-state index contributed by atoms with van der Waals surface area (Å²) in [6, 6.07) is 23.8. The van der Waals surface area contributed by atoms with Crippen LogP contribution < -0.4 is 10.8 Å². The van der Waals surface area contributed by atoms with Crippen LogP contribution in [-0.2, 0) is 32.2 Å². The van der Waals surface area contributed by atoms with Gasteiger partial charge in [0.1, 0.15) is 0 Å². The SMILES string of the molecule is O=C(CCCCC(=O)NCc1ccccc1-c1ccc(C2OC(CSCCO)CC(c3ccc(CO)cc3)O2)cc1)NO. The molecule has 1 aliphatic heterocycles. The average Bonchev–Trinajstić information content (AvgIpc) is 3.06. The second kappa shape index (κ2) is 17.1. The van der Waals surface area contributed by atoms with Crippen LogP contribution in [0.5, 0.6) is 0 Å². The molecule has 1 fully saturated rings. The molecule has 3 atom stereocenters. The monoisotopic (exact) mass is 608 g/mol. The van der Waals surface area contributed by atoms with Crippen molar-refractivity contribution in [2.45, 2.75) is 63.8 Å². The molecule has 230 valence electrons. The maximum Gasteiger partial charge on any atom is 0.243 e. The predicted octanol–water partition coefficient (Wildman–Crippen LogP) is 4.80. The van der Waals surface area contributed by atoms with Crippen LogP contribution in [0.4, 0.5) is 0 Å². The van der Waals surface area contributed by atoms with Gasteiger partial charge in [-0.05, 0) is 40.7 Å². The van der Waals surface area contributed by atoms with Crippen LogP contribution in [0.25, 0.3) is 11.1 Å². The Balaban J connectivity index is 1.41. The average molecular weight is 609 g/mol. The molecular formula is C33H40N2O7S. The summed E-state index contributed by atoms with van der Waals surface area (Å²) in [5.74, 6) is 0.862. The Morgan fingerprint density at radius 1 is 0.860 bits per heavy atom. The highest BCUT2D eigenvalue weighted by Crippen LogP contribution is 2.39. The van der Waals surface area contributed by atoms with Gasteiger partial charge < -0.3 is 25.0 Å². The number of hydroxylamine groups is 1. The third-order valence-electron chi connectivity index (χ3n) is 7.32. The Labute approximate surface area is 256 Å². The van der Waals surface area contributed by atoms with Crippen molar-refractivity contribution >= 4 is 23.6 Å². The first kappa shape index (κ1) is 32.7. The van der Waals surface area contributed by atoms with Gasteiger partial charge in [0.05, 0.1) is 25.4 Å². The Hall–Kier alpha value is -3.25. The molecule has 3 aromatic carbocycles. The molecule has 0 saturated carbocycles. The van der Waals surface area contributed by atoms with E-state index in [0.717, 1.165) is 39.1 Å². The fraction of sp³-hybridized carbons (Fsp3) is 0.394. The lowest BCUT2D eigenvalue weighted by Gasteiger charge is -2.36. The number of ether oxygens (including phenoxy) is 2. The van der Waals surface area contributed by atoms with Crippen LogP contribution in [0, 0.1) is 0 Å². The molecule has 0 bridgehead atoms. The smallest absolute Gasteiger partial charge is 0.243 e. The standard InChI is InChI=1S/C33H40N2O7S/c36-17-18-43-22-28-19-30(25-11-9-23(21-37)10-12-25)42-33(41-28)26-15-13-24(14-16-26)29-6-2-1-5-27(29)20-34-31(38)7-3-4-8-32(39)35-40/h1-2,5-6,9-16,28,30,33,36-37,40H,3-4,7-8,17-22H2,(H,34,38)(H,35,39).